The van der Waals surface area contributed by atoms with E-state index in [9.17, 15) is 9.59 Å². The second-order valence-electron chi connectivity index (χ2n) is 8.23. The van der Waals surface area contributed by atoms with Crippen molar-refractivity contribution in [2.24, 2.45) is 5.92 Å². The fraction of sp³-hybridized carbons (Fsp3) is 0.440. The van der Waals surface area contributed by atoms with Crippen molar-refractivity contribution in [1.82, 2.24) is 9.80 Å². The Morgan fingerprint density at radius 2 is 1.55 bits per heavy atom. The highest BCUT2D eigenvalue weighted by molar-refractivity contribution is 5.94. The Balaban J connectivity index is 1.21. The number of nitrogens with zero attached hydrogens (tertiary/aromatic N) is 2. The zero-order chi connectivity index (χ0) is 21.5. The van der Waals surface area contributed by atoms with Gasteiger partial charge in [0.2, 0.25) is 0 Å². The molecule has 0 radical (unpaired) electrons. The maximum atomic E-state index is 12.6. The summed E-state index contributed by atoms with van der Waals surface area (Å²) in [5, 5.41) is 0. The number of rotatable bonds is 6. The molecule has 0 unspecified atom stereocenters. The fourth-order valence-corrected chi connectivity index (χ4v) is 4.21. The highest BCUT2D eigenvalue weighted by Crippen LogP contribution is 2.22. The van der Waals surface area contributed by atoms with Gasteiger partial charge in [-0.2, -0.15) is 0 Å². The molecule has 2 aromatic rings. The molecule has 31 heavy (non-hydrogen) atoms. The van der Waals surface area contributed by atoms with E-state index in [1.807, 2.05) is 52.3 Å². The molecule has 0 saturated carbocycles. The Labute approximate surface area is 183 Å². The molecule has 2 saturated heterocycles. The summed E-state index contributed by atoms with van der Waals surface area (Å²) in [4.78, 5) is 28.8. The molecule has 2 amide bonds. The number of amides is 2. The number of ether oxygens (including phenoxy) is 2. The lowest BCUT2D eigenvalue weighted by Gasteiger charge is -2.32. The lowest BCUT2D eigenvalue weighted by atomic mass is 9.90. The van der Waals surface area contributed by atoms with Crippen molar-refractivity contribution in [3.8, 4) is 5.75 Å². The van der Waals surface area contributed by atoms with Crippen LogP contribution in [0.15, 0.2) is 54.6 Å². The fourth-order valence-electron chi connectivity index (χ4n) is 4.21. The highest BCUT2D eigenvalue weighted by atomic mass is 16.5. The Kier molecular flexibility index (Phi) is 7.20. The van der Waals surface area contributed by atoms with Crippen LogP contribution in [0.1, 0.15) is 28.8 Å². The maximum absolute atomic E-state index is 12.6. The maximum Gasteiger partial charge on any atom is 0.260 e. The van der Waals surface area contributed by atoms with E-state index < -0.39 is 0 Å². The van der Waals surface area contributed by atoms with Crippen LogP contribution in [0.3, 0.4) is 0 Å². The summed E-state index contributed by atoms with van der Waals surface area (Å²) < 4.78 is 10.9. The van der Waals surface area contributed by atoms with Gasteiger partial charge in [-0.3, -0.25) is 9.59 Å². The molecule has 2 fully saturated rings. The van der Waals surface area contributed by atoms with Gasteiger partial charge in [-0.05, 0) is 55.0 Å². The summed E-state index contributed by atoms with van der Waals surface area (Å²) in [7, 11) is 0. The monoisotopic (exact) mass is 422 g/mol. The van der Waals surface area contributed by atoms with Gasteiger partial charge in [-0.25, -0.2) is 0 Å². The molecule has 6 heteroatoms. The van der Waals surface area contributed by atoms with Gasteiger partial charge in [0, 0.05) is 31.7 Å². The van der Waals surface area contributed by atoms with Crippen LogP contribution in [-0.4, -0.2) is 67.6 Å². The number of carbonyl (C=O) groups excluding carboxylic acids is 2. The average Bonchev–Trinajstić information content (AvgIpc) is 2.84. The summed E-state index contributed by atoms with van der Waals surface area (Å²) in [5.41, 5.74) is 1.99. The zero-order valence-corrected chi connectivity index (χ0v) is 17.9. The Hall–Kier alpha value is -2.86. The van der Waals surface area contributed by atoms with Crippen molar-refractivity contribution in [3.05, 3.63) is 65.7 Å². The van der Waals surface area contributed by atoms with Crippen molar-refractivity contribution in [2.45, 2.75) is 19.3 Å². The van der Waals surface area contributed by atoms with E-state index in [-0.39, 0.29) is 18.4 Å². The van der Waals surface area contributed by atoms with E-state index in [4.69, 9.17) is 9.47 Å². The molecule has 2 aliphatic rings. The molecule has 2 aliphatic heterocycles. The third-order valence-electron chi connectivity index (χ3n) is 6.10. The van der Waals surface area contributed by atoms with Gasteiger partial charge >= 0.3 is 0 Å². The number of piperidine rings is 1. The van der Waals surface area contributed by atoms with Crippen molar-refractivity contribution < 1.29 is 19.1 Å². The molecule has 0 spiro atoms. The average molecular weight is 423 g/mol. The van der Waals surface area contributed by atoms with Crippen molar-refractivity contribution in [1.29, 1.82) is 0 Å². The van der Waals surface area contributed by atoms with Crippen LogP contribution in [0, 0.1) is 5.92 Å². The summed E-state index contributed by atoms with van der Waals surface area (Å²) >= 11 is 0. The number of carbonyl (C=O) groups is 2. The lowest BCUT2D eigenvalue weighted by molar-refractivity contribution is -0.134. The van der Waals surface area contributed by atoms with Crippen molar-refractivity contribution >= 4 is 11.8 Å². The molecule has 0 bridgehead atoms. The number of likely N-dealkylation sites (tertiary alicyclic amines) is 1. The van der Waals surface area contributed by atoms with Crippen LogP contribution in [0.5, 0.6) is 5.75 Å². The van der Waals surface area contributed by atoms with Gasteiger partial charge < -0.3 is 19.3 Å². The van der Waals surface area contributed by atoms with E-state index in [2.05, 4.69) is 12.1 Å². The first-order valence-electron chi connectivity index (χ1n) is 11.1. The second kappa shape index (κ2) is 10.4. The molecule has 4 rings (SSSR count). The largest absolute Gasteiger partial charge is 0.484 e. The van der Waals surface area contributed by atoms with E-state index in [0.717, 1.165) is 43.7 Å². The molecule has 0 N–H and O–H groups in total. The van der Waals surface area contributed by atoms with Crippen LogP contribution in [0.2, 0.25) is 0 Å². The minimum absolute atomic E-state index is 0.0493. The van der Waals surface area contributed by atoms with Crippen LogP contribution in [0.4, 0.5) is 0 Å². The first-order chi connectivity index (χ1) is 15.2. The number of hydrogen-bond acceptors (Lipinski definition) is 4. The quantitative estimate of drug-likeness (QED) is 0.718. The molecule has 6 nitrogen and oxygen atoms in total. The van der Waals surface area contributed by atoms with E-state index in [1.54, 1.807) is 0 Å². The molecule has 2 aromatic carbocycles. The number of hydrogen-bond donors (Lipinski definition) is 0. The third-order valence-corrected chi connectivity index (χ3v) is 6.10. The number of para-hydroxylation sites is 1. The molecule has 164 valence electrons. The minimum atomic E-state index is 0.0493. The first-order valence-corrected chi connectivity index (χ1v) is 11.1. The van der Waals surface area contributed by atoms with E-state index in [0.29, 0.717) is 32.2 Å². The standard InChI is InChI=1S/C25H30N2O4/c28-24(19-31-23-4-2-1-3-5-23)26-12-10-21(11-13-26)18-20-6-8-22(9-7-20)25(29)27-14-16-30-17-15-27/h1-9,21H,10-19H2. The summed E-state index contributed by atoms with van der Waals surface area (Å²) in [5.74, 6) is 1.41. The normalized spacial score (nSPS) is 17.4. The molecular formula is C25H30N2O4. The molecule has 0 atom stereocenters. The minimum Gasteiger partial charge on any atom is -0.484 e. The van der Waals surface area contributed by atoms with Crippen molar-refractivity contribution in [3.63, 3.8) is 0 Å². The second-order valence-corrected chi connectivity index (χ2v) is 8.23. The predicted molar refractivity (Wildman–Crippen MR) is 118 cm³/mol. The first kappa shape index (κ1) is 21.4. The van der Waals surface area contributed by atoms with Gasteiger partial charge in [0.05, 0.1) is 13.2 Å². The Bertz CT molecular complexity index is 855. The summed E-state index contributed by atoms with van der Waals surface area (Å²) in [6.07, 6.45) is 2.96. The number of morpholine rings is 1. The molecule has 2 heterocycles. The van der Waals surface area contributed by atoms with Gasteiger partial charge in [0.1, 0.15) is 5.75 Å². The predicted octanol–water partition coefficient (Wildman–Crippen LogP) is 3.02. The van der Waals surface area contributed by atoms with Crippen LogP contribution in [0.25, 0.3) is 0 Å². The zero-order valence-electron chi connectivity index (χ0n) is 17.9. The van der Waals surface area contributed by atoms with Crippen LogP contribution in [-0.2, 0) is 16.0 Å². The van der Waals surface area contributed by atoms with Crippen LogP contribution >= 0.6 is 0 Å². The van der Waals surface area contributed by atoms with Gasteiger partial charge in [0.15, 0.2) is 6.61 Å². The van der Waals surface area contributed by atoms with Gasteiger partial charge in [0.25, 0.3) is 11.8 Å². The topological polar surface area (TPSA) is 59.1 Å². The Morgan fingerprint density at radius 1 is 0.871 bits per heavy atom. The molecule has 0 aromatic heterocycles. The van der Waals surface area contributed by atoms with Crippen molar-refractivity contribution in [2.75, 3.05) is 46.0 Å². The lowest BCUT2D eigenvalue weighted by Crippen LogP contribution is -2.41. The number of benzene rings is 2. The molecule has 0 aliphatic carbocycles. The van der Waals surface area contributed by atoms with Crippen LogP contribution < -0.4 is 4.74 Å². The van der Waals surface area contributed by atoms with Gasteiger partial charge in [-0.1, -0.05) is 30.3 Å². The van der Waals surface area contributed by atoms with E-state index >= 15 is 0 Å². The summed E-state index contributed by atoms with van der Waals surface area (Å²) in [6, 6.07) is 17.5. The van der Waals surface area contributed by atoms with E-state index in [1.165, 1.54) is 5.56 Å². The van der Waals surface area contributed by atoms with Gasteiger partial charge in [-0.15, -0.1) is 0 Å². The third kappa shape index (κ3) is 5.85. The Morgan fingerprint density at radius 3 is 2.23 bits per heavy atom. The SMILES string of the molecule is O=C(COc1ccccc1)N1CCC(Cc2ccc(C(=O)N3CCOCC3)cc2)CC1. The summed E-state index contributed by atoms with van der Waals surface area (Å²) in [6.45, 7) is 4.19. The smallest absolute Gasteiger partial charge is 0.260 e. The highest BCUT2D eigenvalue weighted by Gasteiger charge is 2.23. The molecular weight excluding hydrogens is 392 g/mol.